The van der Waals surface area contributed by atoms with Gasteiger partial charge in [-0.15, -0.1) is 0 Å². The lowest BCUT2D eigenvalue weighted by atomic mass is 10.2. The van der Waals surface area contributed by atoms with Crippen LogP contribution in [0.3, 0.4) is 0 Å². The van der Waals surface area contributed by atoms with Gasteiger partial charge in [0.25, 0.3) is 0 Å². The zero-order valence-corrected chi connectivity index (χ0v) is 8.05. The smallest absolute Gasteiger partial charge is 0.354 e. The predicted molar refractivity (Wildman–Crippen MR) is 54.1 cm³/mol. The lowest BCUT2D eigenvalue weighted by Crippen LogP contribution is -2.01. The van der Waals surface area contributed by atoms with E-state index in [4.69, 9.17) is 5.11 Å². The SMILES string of the molecule is O=C(O)c1cnc2c(C3CC3)cccn12. The van der Waals surface area contributed by atoms with Crippen molar-refractivity contribution in [1.29, 1.82) is 0 Å². The van der Waals surface area contributed by atoms with Crippen molar-refractivity contribution in [3.63, 3.8) is 0 Å². The van der Waals surface area contributed by atoms with Crippen LogP contribution in [0.15, 0.2) is 24.5 Å². The highest BCUT2D eigenvalue weighted by molar-refractivity contribution is 5.86. The van der Waals surface area contributed by atoms with E-state index in [1.807, 2.05) is 12.1 Å². The molecule has 1 N–H and O–H groups in total. The first-order valence-electron chi connectivity index (χ1n) is 4.96. The van der Waals surface area contributed by atoms with Gasteiger partial charge in [0.2, 0.25) is 0 Å². The number of carboxylic acids is 1. The Hall–Kier alpha value is -1.84. The van der Waals surface area contributed by atoms with Crippen LogP contribution in [0.5, 0.6) is 0 Å². The van der Waals surface area contributed by atoms with Crippen LogP contribution in [-0.4, -0.2) is 20.5 Å². The minimum Gasteiger partial charge on any atom is -0.477 e. The summed E-state index contributed by atoms with van der Waals surface area (Å²) in [6, 6.07) is 3.92. The molecule has 1 aliphatic carbocycles. The minimum absolute atomic E-state index is 0.229. The molecule has 2 heterocycles. The lowest BCUT2D eigenvalue weighted by molar-refractivity contribution is 0.0689. The average Bonchev–Trinajstić information content (AvgIpc) is 2.96. The van der Waals surface area contributed by atoms with Crippen LogP contribution in [0.25, 0.3) is 5.65 Å². The minimum atomic E-state index is -0.935. The van der Waals surface area contributed by atoms with Crippen LogP contribution >= 0.6 is 0 Å². The summed E-state index contributed by atoms with van der Waals surface area (Å²) < 4.78 is 1.65. The molecule has 4 heteroatoms. The molecule has 0 aromatic carbocycles. The van der Waals surface area contributed by atoms with Gasteiger partial charge in [-0.3, -0.25) is 4.40 Å². The molecular formula is C11H10N2O2. The largest absolute Gasteiger partial charge is 0.477 e. The van der Waals surface area contributed by atoms with E-state index in [0.717, 1.165) is 5.65 Å². The van der Waals surface area contributed by atoms with Crippen LogP contribution in [0.1, 0.15) is 34.8 Å². The van der Waals surface area contributed by atoms with Gasteiger partial charge in [0.05, 0.1) is 6.20 Å². The van der Waals surface area contributed by atoms with Gasteiger partial charge in [0, 0.05) is 6.20 Å². The van der Waals surface area contributed by atoms with E-state index in [1.165, 1.54) is 24.6 Å². The number of nitrogens with zero attached hydrogens (tertiary/aromatic N) is 2. The van der Waals surface area contributed by atoms with Crippen molar-refractivity contribution in [3.05, 3.63) is 35.8 Å². The van der Waals surface area contributed by atoms with Gasteiger partial charge in [-0.05, 0) is 30.4 Å². The van der Waals surface area contributed by atoms with E-state index < -0.39 is 5.97 Å². The standard InChI is InChI=1S/C11H10N2O2/c14-11(15)9-6-12-10-8(7-3-4-7)2-1-5-13(9)10/h1-2,5-7H,3-4H2,(H,14,15). The third-order valence-corrected chi connectivity index (χ3v) is 2.80. The third-order valence-electron chi connectivity index (χ3n) is 2.80. The number of aromatic nitrogens is 2. The van der Waals surface area contributed by atoms with Gasteiger partial charge >= 0.3 is 5.97 Å². The van der Waals surface area contributed by atoms with Gasteiger partial charge in [0.15, 0.2) is 5.69 Å². The number of carbonyl (C=O) groups is 1. The van der Waals surface area contributed by atoms with E-state index in [0.29, 0.717) is 5.92 Å². The monoisotopic (exact) mass is 202 g/mol. The molecule has 0 bridgehead atoms. The van der Waals surface area contributed by atoms with Crippen LogP contribution in [0.2, 0.25) is 0 Å². The maximum atomic E-state index is 10.9. The fourth-order valence-corrected chi connectivity index (χ4v) is 1.90. The molecule has 15 heavy (non-hydrogen) atoms. The number of aromatic carboxylic acids is 1. The normalized spacial score (nSPS) is 15.7. The topological polar surface area (TPSA) is 54.6 Å². The van der Waals surface area contributed by atoms with Gasteiger partial charge in [-0.2, -0.15) is 0 Å². The summed E-state index contributed by atoms with van der Waals surface area (Å²) in [5, 5.41) is 8.96. The summed E-state index contributed by atoms with van der Waals surface area (Å²) in [4.78, 5) is 15.1. The van der Waals surface area contributed by atoms with E-state index in [9.17, 15) is 4.79 Å². The van der Waals surface area contributed by atoms with Crippen molar-refractivity contribution in [3.8, 4) is 0 Å². The predicted octanol–water partition coefficient (Wildman–Crippen LogP) is 1.91. The van der Waals surface area contributed by atoms with Gasteiger partial charge in [-0.25, -0.2) is 9.78 Å². The highest BCUT2D eigenvalue weighted by atomic mass is 16.4. The van der Waals surface area contributed by atoms with E-state index >= 15 is 0 Å². The summed E-state index contributed by atoms with van der Waals surface area (Å²) in [6.07, 6.45) is 5.55. The Bertz CT molecular complexity index is 541. The highest BCUT2D eigenvalue weighted by Gasteiger charge is 2.26. The molecular weight excluding hydrogens is 192 g/mol. The molecule has 0 atom stereocenters. The van der Waals surface area contributed by atoms with Crippen molar-refractivity contribution in [2.75, 3.05) is 0 Å². The molecule has 1 saturated carbocycles. The Morgan fingerprint density at radius 3 is 3.00 bits per heavy atom. The second kappa shape index (κ2) is 2.82. The summed E-state index contributed by atoms with van der Waals surface area (Å²) in [6.45, 7) is 0. The molecule has 0 radical (unpaired) electrons. The molecule has 0 spiro atoms. The fourth-order valence-electron chi connectivity index (χ4n) is 1.90. The second-order valence-corrected chi connectivity index (χ2v) is 3.88. The molecule has 0 amide bonds. The fraction of sp³-hybridized carbons (Fsp3) is 0.273. The van der Waals surface area contributed by atoms with E-state index in [2.05, 4.69) is 4.98 Å². The lowest BCUT2D eigenvalue weighted by Gasteiger charge is -2.01. The molecule has 3 rings (SSSR count). The van der Waals surface area contributed by atoms with Crippen molar-refractivity contribution in [2.24, 2.45) is 0 Å². The second-order valence-electron chi connectivity index (χ2n) is 3.88. The maximum Gasteiger partial charge on any atom is 0.354 e. The number of imidazole rings is 1. The van der Waals surface area contributed by atoms with E-state index in [-0.39, 0.29) is 5.69 Å². The van der Waals surface area contributed by atoms with Gasteiger partial charge < -0.3 is 5.11 Å². The third kappa shape index (κ3) is 1.21. The molecule has 1 aliphatic rings. The van der Waals surface area contributed by atoms with Crippen LogP contribution in [0, 0.1) is 0 Å². The van der Waals surface area contributed by atoms with Gasteiger partial charge in [-0.1, -0.05) is 6.07 Å². The van der Waals surface area contributed by atoms with Crippen molar-refractivity contribution >= 4 is 11.6 Å². The Kier molecular flexibility index (Phi) is 1.59. The Morgan fingerprint density at radius 2 is 2.33 bits per heavy atom. The Labute approximate surface area is 86.2 Å². The highest BCUT2D eigenvalue weighted by Crippen LogP contribution is 2.41. The van der Waals surface area contributed by atoms with Crippen LogP contribution in [-0.2, 0) is 0 Å². The quantitative estimate of drug-likeness (QED) is 0.809. The number of hydrogen-bond acceptors (Lipinski definition) is 2. The number of rotatable bonds is 2. The summed E-state index contributed by atoms with van der Waals surface area (Å²) >= 11 is 0. The van der Waals surface area contributed by atoms with Crippen LogP contribution in [0.4, 0.5) is 0 Å². The van der Waals surface area contributed by atoms with E-state index in [1.54, 1.807) is 10.6 Å². The zero-order chi connectivity index (χ0) is 10.4. The molecule has 2 aromatic heterocycles. The molecule has 1 fully saturated rings. The summed E-state index contributed by atoms with van der Waals surface area (Å²) in [5.74, 6) is -0.354. The number of carboxylic acid groups (broad SMARTS) is 1. The van der Waals surface area contributed by atoms with Crippen LogP contribution < -0.4 is 0 Å². The average molecular weight is 202 g/mol. The molecule has 76 valence electrons. The first kappa shape index (κ1) is 8.47. The number of hydrogen-bond donors (Lipinski definition) is 1. The Balaban J connectivity index is 2.27. The number of fused-ring (bicyclic) bond motifs is 1. The summed E-state index contributed by atoms with van der Waals surface area (Å²) in [7, 11) is 0. The Morgan fingerprint density at radius 1 is 1.53 bits per heavy atom. The first-order valence-corrected chi connectivity index (χ1v) is 4.96. The molecule has 4 nitrogen and oxygen atoms in total. The molecule has 2 aromatic rings. The molecule has 0 saturated heterocycles. The first-order chi connectivity index (χ1) is 7.27. The van der Waals surface area contributed by atoms with Crippen molar-refractivity contribution in [1.82, 2.24) is 9.38 Å². The summed E-state index contributed by atoms with van der Waals surface area (Å²) in [5.41, 5.74) is 2.19. The number of pyridine rings is 1. The molecule has 0 unspecified atom stereocenters. The molecule has 0 aliphatic heterocycles. The van der Waals surface area contributed by atoms with Gasteiger partial charge in [0.1, 0.15) is 5.65 Å². The maximum absolute atomic E-state index is 10.9. The van der Waals surface area contributed by atoms with Crippen molar-refractivity contribution < 1.29 is 9.90 Å². The van der Waals surface area contributed by atoms with Crippen molar-refractivity contribution in [2.45, 2.75) is 18.8 Å². The zero-order valence-electron chi connectivity index (χ0n) is 8.05.